The summed E-state index contributed by atoms with van der Waals surface area (Å²) in [5.74, 6) is 1.62. The summed E-state index contributed by atoms with van der Waals surface area (Å²) in [5.41, 5.74) is 3.24. The van der Waals surface area contributed by atoms with Gasteiger partial charge in [0.25, 0.3) is 0 Å². The molecule has 8 heteroatoms. The molecule has 1 N–H and O–H groups in total. The van der Waals surface area contributed by atoms with Crippen molar-refractivity contribution in [2.24, 2.45) is 0 Å². The summed E-state index contributed by atoms with van der Waals surface area (Å²) in [7, 11) is 4.58. The number of hydrogen-bond acceptors (Lipinski definition) is 8. The van der Waals surface area contributed by atoms with E-state index in [0.717, 1.165) is 27.0 Å². The van der Waals surface area contributed by atoms with Crippen LogP contribution in [0.15, 0.2) is 54.2 Å². The predicted octanol–water partition coefficient (Wildman–Crippen LogP) is 4.91. The first-order valence-corrected chi connectivity index (χ1v) is 9.92. The molecule has 0 fully saturated rings. The van der Waals surface area contributed by atoms with Crippen molar-refractivity contribution < 1.29 is 19.0 Å². The highest BCUT2D eigenvalue weighted by molar-refractivity contribution is 7.17. The van der Waals surface area contributed by atoms with E-state index in [1.807, 2.05) is 35.7 Å². The van der Waals surface area contributed by atoms with Crippen LogP contribution in [0.2, 0.25) is 0 Å². The Morgan fingerprint density at radius 2 is 1.73 bits per heavy atom. The molecule has 0 radical (unpaired) electrons. The van der Waals surface area contributed by atoms with Crippen LogP contribution in [0.3, 0.4) is 0 Å². The Kier molecular flexibility index (Phi) is 5.49. The smallest absolute Gasteiger partial charge is 0.337 e. The number of ether oxygens (including phenoxy) is 3. The van der Waals surface area contributed by atoms with Crippen LogP contribution in [-0.2, 0) is 4.74 Å². The highest BCUT2D eigenvalue weighted by Crippen LogP contribution is 2.40. The summed E-state index contributed by atoms with van der Waals surface area (Å²) in [6.07, 6.45) is 1.53. The molecule has 0 aliphatic heterocycles. The van der Waals surface area contributed by atoms with Crippen LogP contribution in [0.4, 0.5) is 11.5 Å². The Bertz CT molecular complexity index is 1200. The summed E-state index contributed by atoms with van der Waals surface area (Å²) in [5, 5.41) is 6.28. The minimum atomic E-state index is -0.375. The van der Waals surface area contributed by atoms with Gasteiger partial charge in [0.05, 0.1) is 32.3 Å². The molecule has 0 spiro atoms. The minimum Gasteiger partial charge on any atom is -0.493 e. The number of benzene rings is 2. The minimum absolute atomic E-state index is 0.375. The Morgan fingerprint density at radius 3 is 2.43 bits per heavy atom. The fraction of sp³-hybridized carbons (Fsp3) is 0.136. The molecule has 30 heavy (non-hydrogen) atoms. The van der Waals surface area contributed by atoms with Crippen LogP contribution >= 0.6 is 11.3 Å². The summed E-state index contributed by atoms with van der Waals surface area (Å²) >= 11 is 1.54. The number of fused-ring (bicyclic) bond motifs is 1. The molecule has 0 bridgehead atoms. The number of hydrogen-bond donors (Lipinski definition) is 1. The first kappa shape index (κ1) is 19.7. The van der Waals surface area contributed by atoms with Crippen LogP contribution in [0.25, 0.3) is 21.3 Å². The van der Waals surface area contributed by atoms with Gasteiger partial charge >= 0.3 is 5.97 Å². The molecule has 4 rings (SSSR count). The van der Waals surface area contributed by atoms with Gasteiger partial charge in [-0.1, -0.05) is 6.07 Å². The second-order valence-electron chi connectivity index (χ2n) is 6.32. The molecule has 0 aliphatic rings. The normalized spacial score (nSPS) is 10.6. The number of carbonyl (C=O) groups excluding carboxylic acids is 1. The van der Waals surface area contributed by atoms with Crippen LogP contribution in [-0.4, -0.2) is 37.3 Å². The molecule has 0 atom stereocenters. The largest absolute Gasteiger partial charge is 0.493 e. The first-order chi connectivity index (χ1) is 14.6. The number of methoxy groups -OCH3 is 3. The van der Waals surface area contributed by atoms with Crippen molar-refractivity contribution in [1.82, 2.24) is 9.97 Å². The van der Waals surface area contributed by atoms with Crippen molar-refractivity contribution in [2.75, 3.05) is 26.6 Å². The zero-order valence-corrected chi connectivity index (χ0v) is 17.4. The molecular formula is C22H19N3O4S. The van der Waals surface area contributed by atoms with E-state index in [0.29, 0.717) is 22.9 Å². The van der Waals surface area contributed by atoms with Crippen molar-refractivity contribution in [3.8, 4) is 22.6 Å². The number of aromatic nitrogens is 2. The molecule has 152 valence electrons. The molecule has 2 aromatic heterocycles. The van der Waals surface area contributed by atoms with Crippen molar-refractivity contribution in [1.29, 1.82) is 0 Å². The van der Waals surface area contributed by atoms with E-state index < -0.39 is 0 Å². The second kappa shape index (κ2) is 8.38. The third-order valence-electron chi connectivity index (χ3n) is 4.63. The molecule has 2 aromatic carbocycles. The van der Waals surface area contributed by atoms with Crippen LogP contribution < -0.4 is 14.8 Å². The summed E-state index contributed by atoms with van der Waals surface area (Å²) in [4.78, 5) is 21.4. The van der Waals surface area contributed by atoms with Crippen LogP contribution in [0, 0.1) is 0 Å². The lowest BCUT2D eigenvalue weighted by atomic mass is 10.1. The van der Waals surface area contributed by atoms with Gasteiger partial charge in [0.2, 0.25) is 0 Å². The van der Waals surface area contributed by atoms with Gasteiger partial charge in [-0.25, -0.2) is 14.8 Å². The number of thiophene rings is 1. The molecular weight excluding hydrogens is 402 g/mol. The number of anilines is 2. The zero-order chi connectivity index (χ0) is 21.1. The molecule has 4 aromatic rings. The fourth-order valence-electron chi connectivity index (χ4n) is 3.13. The molecule has 0 saturated heterocycles. The van der Waals surface area contributed by atoms with E-state index >= 15 is 0 Å². The number of rotatable bonds is 6. The maximum absolute atomic E-state index is 11.6. The fourth-order valence-corrected chi connectivity index (χ4v) is 4.05. The average molecular weight is 421 g/mol. The number of esters is 1. The van der Waals surface area contributed by atoms with Crippen molar-refractivity contribution in [3.05, 3.63) is 59.7 Å². The Hall–Kier alpha value is -3.65. The molecule has 0 aliphatic carbocycles. The van der Waals surface area contributed by atoms with E-state index in [1.54, 1.807) is 37.7 Å². The van der Waals surface area contributed by atoms with Crippen molar-refractivity contribution in [2.45, 2.75) is 0 Å². The SMILES string of the molecule is COC(=O)c1ccc(Nc2ncnc3scc(-c4ccc(OC)c(OC)c4)c23)cc1. The van der Waals surface area contributed by atoms with Crippen LogP contribution in [0.1, 0.15) is 10.4 Å². The third kappa shape index (κ3) is 3.65. The Balaban J connectivity index is 1.74. The number of nitrogens with one attached hydrogen (secondary N) is 1. The van der Waals surface area contributed by atoms with Gasteiger partial charge in [-0.2, -0.15) is 0 Å². The summed E-state index contributed by atoms with van der Waals surface area (Å²) in [6, 6.07) is 12.8. The van der Waals surface area contributed by atoms with E-state index in [-0.39, 0.29) is 5.97 Å². The van der Waals surface area contributed by atoms with Gasteiger partial charge in [0.1, 0.15) is 17.0 Å². The van der Waals surface area contributed by atoms with E-state index in [2.05, 4.69) is 15.3 Å². The van der Waals surface area contributed by atoms with Gasteiger partial charge in [-0.3, -0.25) is 0 Å². The van der Waals surface area contributed by atoms with Gasteiger partial charge < -0.3 is 19.5 Å². The molecule has 0 amide bonds. The first-order valence-electron chi connectivity index (χ1n) is 9.04. The average Bonchev–Trinajstić information content (AvgIpc) is 3.24. The molecule has 0 unspecified atom stereocenters. The lowest BCUT2D eigenvalue weighted by Gasteiger charge is -2.11. The highest BCUT2D eigenvalue weighted by Gasteiger charge is 2.15. The van der Waals surface area contributed by atoms with Gasteiger partial charge in [-0.05, 0) is 42.0 Å². The van der Waals surface area contributed by atoms with E-state index in [9.17, 15) is 4.79 Å². The second-order valence-corrected chi connectivity index (χ2v) is 7.17. The number of carbonyl (C=O) groups is 1. The lowest BCUT2D eigenvalue weighted by Crippen LogP contribution is -2.01. The van der Waals surface area contributed by atoms with Crippen LogP contribution in [0.5, 0.6) is 11.5 Å². The highest BCUT2D eigenvalue weighted by atomic mass is 32.1. The summed E-state index contributed by atoms with van der Waals surface area (Å²) in [6.45, 7) is 0. The molecule has 0 saturated carbocycles. The van der Waals surface area contributed by atoms with Gasteiger partial charge in [0, 0.05) is 16.6 Å². The van der Waals surface area contributed by atoms with Crippen molar-refractivity contribution in [3.63, 3.8) is 0 Å². The monoisotopic (exact) mass is 421 g/mol. The van der Waals surface area contributed by atoms with Gasteiger partial charge in [0.15, 0.2) is 11.5 Å². The standard InChI is InChI=1S/C22H19N3O4S/c1-27-17-9-6-14(10-18(17)28-2)16-11-30-21-19(16)20(23-12-24-21)25-15-7-4-13(5-8-15)22(26)29-3/h4-12H,1-3H3,(H,23,24,25). The maximum atomic E-state index is 11.6. The molecule has 2 heterocycles. The predicted molar refractivity (Wildman–Crippen MR) is 117 cm³/mol. The van der Waals surface area contributed by atoms with Crippen molar-refractivity contribution >= 4 is 39.0 Å². The van der Waals surface area contributed by atoms with E-state index in [1.165, 1.54) is 13.4 Å². The van der Waals surface area contributed by atoms with Gasteiger partial charge in [-0.15, -0.1) is 11.3 Å². The lowest BCUT2D eigenvalue weighted by molar-refractivity contribution is 0.0601. The quantitative estimate of drug-likeness (QED) is 0.443. The maximum Gasteiger partial charge on any atom is 0.337 e. The zero-order valence-electron chi connectivity index (χ0n) is 16.6. The molecule has 7 nitrogen and oxygen atoms in total. The number of nitrogens with zero attached hydrogens (tertiary/aromatic N) is 2. The third-order valence-corrected chi connectivity index (χ3v) is 5.52. The Labute approximate surface area is 177 Å². The summed E-state index contributed by atoms with van der Waals surface area (Å²) < 4.78 is 15.5. The Morgan fingerprint density at radius 1 is 0.967 bits per heavy atom. The van der Waals surface area contributed by atoms with E-state index in [4.69, 9.17) is 14.2 Å². The topological polar surface area (TPSA) is 82.6 Å².